The van der Waals surface area contributed by atoms with Crippen molar-refractivity contribution in [3.63, 3.8) is 0 Å². The van der Waals surface area contributed by atoms with Gasteiger partial charge in [0.1, 0.15) is 22.3 Å². The van der Waals surface area contributed by atoms with Crippen molar-refractivity contribution >= 4 is 65.7 Å². The standard InChI is InChI=1S/C39H22N4O2/c1-2-10-23(11-3-1)37-40-38(24-18-19-27-25-12-5-8-16-32(25)44-34(27)22-24)42-39(41-37)43-30-15-7-4-14-29(30)35-31(43)21-20-28-26-13-6-9-17-33(26)45-36(28)35/h1-22H/i1D,2D,3D,4D,5D,6D,7D,8D,9D,10D,11D,12D,13D,14D,15D,16D,17D,18D,19D,20D,21D,22D. The molecule has 0 aliphatic rings. The molecule has 0 amide bonds. The van der Waals surface area contributed by atoms with E-state index in [0.717, 1.165) is 4.57 Å². The molecular formula is C39H22N4O2. The van der Waals surface area contributed by atoms with Crippen LogP contribution in [-0.4, -0.2) is 19.5 Å². The van der Waals surface area contributed by atoms with Crippen LogP contribution in [0.25, 0.3) is 94.4 Å². The van der Waals surface area contributed by atoms with Gasteiger partial charge >= 0.3 is 0 Å². The molecule has 6 aromatic carbocycles. The lowest BCUT2D eigenvalue weighted by Gasteiger charge is -2.11. The fourth-order valence-electron chi connectivity index (χ4n) is 5.23. The Morgan fingerprint density at radius 1 is 0.467 bits per heavy atom. The van der Waals surface area contributed by atoms with Crippen molar-refractivity contribution in [1.29, 1.82) is 0 Å². The summed E-state index contributed by atoms with van der Waals surface area (Å²) in [5.41, 5.74) is -4.13. The second-order valence-electron chi connectivity index (χ2n) is 9.59. The monoisotopic (exact) mass is 600 g/mol. The van der Waals surface area contributed by atoms with Crippen LogP contribution in [-0.2, 0) is 0 Å². The highest BCUT2D eigenvalue weighted by molar-refractivity contribution is 6.23. The maximum absolute atomic E-state index is 9.45. The van der Waals surface area contributed by atoms with Crippen LogP contribution in [0.5, 0.6) is 0 Å². The van der Waals surface area contributed by atoms with Crippen LogP contribution < -0.4 is 0 Å². The van der Waals surface area contributed by atoms with Gasteiger partial charge in [-0.15, -0.1) is 0 Å². The average molecular weight is 601 g/mol. The quantitative estimate of drug-likeness (QED) is 0.202. The molecule has 0 aliphatic heterocycles. The van der Waals surface area contributed by atoms with Crippen LogP contribution in [0, 0.1) is 0 Å². The summed E-state index contributed by atoms with van der Waals surface area (Å²) >= 11 is 0. The van der Waals surface area contributed by atoms with E-state index in [2.05, 4.69) is 15.0 Å². The van der Waals surface area contributed by atoms with Gasteiger partial charge < -0.3 is 8.83 Å². The Balaban J connectivity index is 1.44. The van der Waals surface area contributed by atoms with E-state index in [-0.39, 0.29) is 32.3 Å². The molecule has 0 atom stereocenters. The molecule has 0 N–H and O–H groups in total. The molecule has 0 unspecified atom stereocenters. The summed E-state index contributed by atoms with van der Waals surface area (Å²) in [6.45, 7) is 0. The molecule has 0 spiro atoms. The van der Waals surface area contributed by atoms with E-state index >= 15 is 0 Å². The van der Waals surface area contributed by atoms with Gasteiger partial charge in [0.15, 0.2) is 11.6 Å². The summed E-state index contributed by atoms with van der Waals surface area (Å²) in [6, 6.07) is -16.5. The summed E-state index contributed by atoms with van der Waals surface area (Å²) in [5, 5.41) is -1.99. The van der Waals surface area contributed by atoms with Crippen LogP contribution in [0.2, 0.25) is 0 Å². The maximum atomic E-state index is 9.45. The molecule has 210 valence electrons. The van der Waals surface area contributed by atoms with Crippen molar-refractivity contribution in [2.24, 2.45) is 0 Å². The lowest BCUT2D eigenvalue weighted by atomic mass is 10.1. The highest BCUT2D eigenvalue weighted by atomic mass is 16.3. The van der Waals surface area contributed by atoms with E-state index in [4.69, 9.17) is 32.1 Å². The average Bonchev–Trinajstić information content (AvgIpc) is 4.02. The Bertz CT molecular complexity index is 4000. The van der Waals surface area contributed by atoms with E-state index in [1.54, 1.807) is 0 Å². The second kappa shape index (κ2) is 9.11. The molecule has 10 aromatic rings. The van der Waals surface area contributed by atoms with E-state index in [0.29, 0.717) is 0 Å². The molecule has 6 heteroatoms. The summed E-state index contributed by atoms with van der Waals surface area (Å²) < 4.78 is 205. The largest absolute Gasteiger partial charge is 0.456 e. The van der Waals surface area contributed by atoms with Crippen molar-refractivity contribution in [1.82, 2.24) is 19.5 Å². The van der Waals surface area contributed by atoms with E-state index in [9.17, 15) is 6.85 Å². The minimum atomic E-state index is -0.855. The second-order valence-corrected chi connectivity index (χ2v) is 9.59. The molecule has 0 saturated heterocycles. The molecule has 0 radical (unpaired) electrons. The van der Waals surface area contributed by atoms with Gasteiger partial charge in [-0.1, -0.05) is 90.6 Å². The molecule has 45 heavy (non-hydrogen) atoms. The van der Waals surface area contributed by atoms with Crippen molar-refractivity contribution < 1.29 is 39.0 Å². The van der Waals surface area contributed by atoms with Gasteiger partial charge in [-0.2, -0.15) is 9.97 Å². The number of aromatic nitrogens is 4. The van der Waals surface area contributed by atoms with Gasteiger partial charge in [0.25, 0.3) is 0 Å². The van der Waals surface area contributed by atoms with E-state index in [1.165, 1.54) is 0 Å². The fourth-order valence-corrected chi connectivity index (χ4v) is 5.23. The summed E-state index contributed by atoms with van der Waals surface area (Å²) in [5.74, 6) is -2.27. The highest BCUT2D eigenvalue weighted by Crippen LogP contribution is 2.40. The van der Waals surface area contributed by atoms with E-state index in [1.807, 2.05) is 0 Å². The van der Waals surface area contributed by atoms with Crippen molar-refractivity contribution in [3.8, 4) is 28.7 Å². The number of rotatable bonds is 3. The van der Waals surface area contributed by atoms with Crippen LogP contribution in [0.4, 0.5) is 0 Å². The predicted octanol–water partition coefficient (Wildman–Crippen LogP) is 10.1. The first-order chi connectivity index (χ1) is 31.5. The first-order valence-electron chi connectivity index (χ1n) is 24.1. The fraction of sp³-hybridized carbons (Fsp3) is 0. The van der Waals surface area contributed by atoms with Gasteiger partial charge in [0.05, 0.1) is 46.6 Å². The third kappa shape index (κ3) is 3.53. The zero-order valence-corrected chi connectivity index (χ0v) is 22.1. The number of fused-ring (bicyclic) bond motifs is 10. The Morgan fingerprint density at radius 2 is 1.09 bits per heavy atom. The molecule has 0 bridgehead atoms. The minimum absolute atomic E-state index is 0.305. The van der Waals surface area contributed by atoms with E-state index < -0.39 is 195 Å². The van der Waals surface area contributed by atoms with Gasteiger partial charge in [0, 0.05) is 38.1 Å². The third-order valence-corrected chi connectivity index (χ3v) is 7.13. The first kappa shape index (κ1) is 11.3. The van der Waals surface area contributed by atoms with Crippen LogP contribution >= 0.6 is 0 Å². The number of hydrogen-bond acceptors (Lipinski definition) is 5. The van der Waals surface area contributed by atoms with Crippen molar-refractivity contribution in [2.75, 3.05) is 0 Å². The van der Waals surface area contributed by atoms with Crippen molar-refractivity contribution in [2.45, 2.75) is 0 Å². The number of hydrogen-bond donors (Lipinski definition) is 0. The van der Waals surface area contributed by atoms with Gasteiger partial charge in [-0.3, -0.25) is 4.57 Å². The van der Waals surface area contributed by atoms with Crippen molar-refractivity contribution in [3.05, 3.63) is 133 Å². The van der Waals surface area contributed by atoms with Crippen LogP contribution in [0.3, 0.4) is 0 Å². The Morgan fingerprint density at radius 3 is 1.91 bits per heavy atom. The smallest absolute Gasteiger partial charge is 0.238 e. The molecule has 0 aliphatic carbocycles. The lowest BCUT2D eigenvalue weighted by Crippen LogP contribution is -2.06. The number of nitrogens with zero attached hydrogens (tertiary/aromatic N) is 4. The molecule has 4 heterocycles. The topological polar surface area (TPSA) is 69.9 Å². The first-order valence-corrected chi connectivity index (χ1v) is 13.1. The molecule has 6 nitrogen and oxygen atoms in total. The summed E-state index contributed by atoms with van der Waals surface area (Å²) in [6.07, 6.45) is 0. The molecular weight excluding hydrogens is 556 g/mol. The molecule has 0 saturated carbocycles. The Kier molecular flexibility index (Phi) is 2.30. The normalized spacial score (nSPS) is 18.8. The predicted molar refractivity (Wildman–Crippen MR) is 180 cm³/mol. The minimum Gasteiger partial charge on any atom is -0.456 e. The third-order valence-electron chi connectivity index (χ3n) is 7.13. The van der Waals surface area contributed by atoms with Gasteiger partial charge in [0.2, 0.25) is 5.95 Å². The highest BCUT2D eigenvalue weighted by Gasteiger charge is 2.21. The number of furan rings is 2. The molecule has 10 rings (SSSR count). The molecule has 4 aromatic heterocycles. The Hall–Kier alpha value is -6.27. The Labute approximate surface area is 286 Å². The lowest BCUT2D eigenvalue weighted by molar-refractivity contribution is 0.669. The van der Waals surface area contributed by atoms with Crippen LogP contribution in [0.1, 0.15) is 30.2 Å². The van der Waals surface area contributed by atoms with Gasteiger partial charge in [-0.05, 0) is 42.3 Å². The van der Waals surface area contributed by atoms with Crippen LogP contribution in [0.15, 0.2) is 142 Å². The van der Waals surface area contributed by atoms with Gasteiger partial charge in [-0.25, -0.2) is 4.98 Å². The zero-order chi connectivity index (χ0) is 48.6. The number of para-hydroxylation sites is 3. The molecule has 0 fully saturated rings. The number of benzene rings is 6. The zero-order valence-electron chi connectivity index (χ0n) is 44.1. The maximum Gasteiger partial charge on any atom is 0.238 e. The summed E-state index contributed by atoms with van der Waals surface area (Å²) in [4.78, 5) is 13.3. The summed E-state index contributed by atoms with van der Waals surface area (Å²) in [7, 11) is 0. The SMILES string of the molecule is [2H]c1c([2H])c([2H])c(-c2nc(-c3c([2H])c([2H])c4c(oc5c([2H])c([2H])c([2H])c([2H])c54)c3[2H])nc(-n3c4c([2H])c([2H])c([2H])c([2H])c4c4c5oc6c([2H])c([2H])c([2H])c([2H])c6c5c([2H])c([2H])c43)n2)c([2H])c1[2H].